The normalized spacial score (nSPS) is 33.8. The molecular formula is C10H16O2. The lowest BCUT2D eigenvalue weighted by Gasteiger charge is -2.36. The molecule has 0 aromatic carbocycles. The Hall–Kier alpha value is -0.370. The van der Waals surface area contributed by atoms with Crippen molar-refractivity contribution in [2.24, 2.45) is 5.92 Å². The van der Waals surface area contributed by atoms with Gasteiger partial charge in [0.25, 0.3) is 0 Å². The third-order valence-electron chi connectivity index (χ3n) is 3.24. The molecule has 0 bridgehead atoms. The standard InChI is InChI=1S/C10H16O2/c11-8-9-3-6-12-10(7-9)4-1-2-5-10/h8-9H,1-7H2. The molecular weight excluding hydrogens is 152 g/mol. The lowest BCUT2D eigenvalue weighted by atomic mass is 9.85. The molecule has 1 aliphatic heterocycles. The molecule has 1 atom stereocenters. The third kappa shape index (κ3) is 1.40. The fourth-order valence-electron chi connectivity index (χ4n) is 2.55. The predicted octanol–water partition coefficient (Wildman–Crippen LogP) is 1.92. The molecule has 0 amide bonds. The van der Waals surface area contributed by atoms with Gasteiger partial charge in [0, 0.05) is 12.5 Å². The maximum absolute atomic E-state index is 10.6. The number of carbonyl (C=O) groups is 1. The fourth-order valence-corrected chi connectivity index (χ4v) is 2.55. The molecule has 1 heterocycles. The smallest absolute Gasteiger partial charge is 0.123 e. The summed E-state index contributed by atoms with van der Waals surface area (Å²) >= 11 is 0. The van der Waals surface area contributed by atoms with Crippen LogP contribution in [-0.4, -0.2) is 18.5 Å². The van der Waals surface area contributed by atoms with Gasteiger partial charge in [0.15, 0.2) is 0 Å². The van der Waals surface area contributed by atoms with Crippen LogP contribution in [-0.2, 0) is 9.53 Å². The summed E-state index contributed by atoms with van der Waals surface area (Å²) in [5.74, 6) is 0.275. The van der Waals surface area contributed by atoms with E-state index in [4.69, 9.17) is 4.74 Å². The number of hydrogen-bond acceptors (Lipinski definition) is 2. The summed E-state index contributed by atoms with van der Waals surface area (Å²) in [5.41, 5.74) is 0.115. The number of ether oxygens (including phenoxy) is 1. The number of hydrogen-bond donors (Lipinski definition) is 0. The van der Waals surface area contributed by atoms with E-state index in [1.165, 1.54) is 25.7 Å². The second kappa shape index (κ2) is 3.17. The van der Waals surface area contributed by atoms with Crippen molar-refractivity contribution in [2.45, 2.75) is 44.1 Å². The molecule has 0 aromatic rings. The van der Waals surface area contributed by atoms with Gasteiger partial charge in [0.2, 0.25) is 0 Å². The van der Waals surface area contributed by atoms with E-state index < -0.39 is 0 Å². The highest BCUT2D eigenvalue weighted by Gasteiger charge is 2.39. The van der Waals surface area contributed by atoms with Crippen molar-refractivity contribution in [3.63, 3.8) is 0 Å². The quantitative estimate of drug-likeness (QED) is 0.559. The highest BCUT2D eigenvalue weighted by Crippen LogP contribution is 2.41. The van der Waals surface area contributed by atoms with Gasteiger partial charge in [-0.2, -0.15) is 0 Å². The molecule has 0 radical (unpaired) electrons. The van der Waals surface area contributed by atoms with E-state index in [9.17, 15) is 4.79 Å². The first kappa shape index (κ1) is 8.24. The van der Waals surface area contributed by atoms with E-state index in [-0.39, 0.29) is 11.5 Å². The van der Waals surface area contributed by atoms with Crippen molar-refractivity contribution < 1.29 is 9.53 Å². The molecule has 0 N–H and O–H groups in total. The summed E-state index contributed by atoms with van der Waals surface area (Å²) in [7, 11) is 0. The van der Waals surface area contributed by atoms with Crippen LogP contribution < -0.4 is 0 Å². The summed E-state index contributed by atoms with van der Waals surface area (Å²) in [5, 5.41) is 0. The molecule has 2 fully saturated rings. The van der Waals surface area contributed by atoms with Gasteiger partial charge < -0.3 is 9.53 Å². The molecule has 1 saturated heterocycles. The maximum Gasteiger partial charge on any atom is 0.123 e. The van der Waals surface area contributed by atoms with E-state index in [1.54, 1.807) is 0 Å². The van der Waals surface area contributed by atoms with Crippen LogP contribution in [0.15, 0.2) is 0 Å². The number of carbonyl (C=O) groups excluding carboxylic acids is 1. The maximum atomic E-state index is 10.6. The minimum absolute atomic E-state index is 0.115. The zero-order valence-electron chi connectivity index (χ0n) is 7.42. The van der Waals surface area contributed by atoms with Crippen LogP contribution >= 0.6 is 0 Å². The lowest BCUT2D eigenvalue weighted by molar-refractivity contribution is -0.125. The Balaban J connectivity index is 2.01. The van der Waals surface area contributed by atoms with E-state index in [0.717, 1.165) is 25.7 Å². The average Bonchev–Trinajstić information content (AvgIpc) is 2.53. The van der Waals surface area contributed by atoms with Crippen molar-refractivity contribution in [3.8, 4) is 0 Å². The molecule has 2 heteroatoms. The molecule has 2 rings (SSSR count). The molecule has 12 heavy (non-hydrogen) atoms. The number of aldehydes is 1. The van der Waals surface area contributed by atoms with Gasteiger partial charge in [-0.25, -0.2) is 0 Å². The van der Waals surface area contributed by atoms with Crippen molar-refractivity contribution >= 4 is 6.29 Å². The first-order valence-corrected chi connectivity index (χ1v) is 4.94. The van der Waals surface area contributed by atoms with Crippen LogP contribution in [0.1, 0.15) is 38.5 Å². The Labute approximate surface area is 73.3 Å². The zero-order valence-corrected chi connectivity index (χ0v) is 7.42. The second-order valence-electron chi connectivity index (χ2n) is 4.13. The molecule has 1 saturated carbocycles. The first-order valence-electron chi connectivity index (χ1n) is 4.94. The Morgan fingerprint density at radius 3 is 2.75 bits per heavy atom. The van der Waals surface area contributed by atoms with Crippen LogP contribution in [0.25, 0.3) is 0 Å². The topological polar surface area (TPSA) is 26.3 Å². The van der Waals surface area contributed by atoms with Gasteiger partial charge in [-0.15, -0.1) is 0 Å². The summed E-state index contributed by atoms with van der Waals surface area (Å²) in [4.78, 5) is 10.6. The molecule has 1 unspecified atom stereocenters. The summed E-state index contributed by atoms with van der Waals surface area (Å²) in [6.07, 6.45) is 7.95. The Kier molecular flexibility index (Phi) is 2.18. The van der Waals surface area contributed by atoms with E-state index in [1.807, 2.05) is 0 Å². The highest BCUT2D eigenvalue weighted by atomic mass is 16.5. The lowest BCUT2D eigenvalue weighted by Crippen LogP contribution is -2.37. The summed E-state index contributed by atoms with van der Waals surface area (Å²) < 4.78 is 5.80. The third-order valence-corrected chi connectivity index (χ3v) is 3.24. The van der Waals surface area contributed by atoms with Crippen LogP contribution in [0.4, 0.5) is 0 Å². The van der Waals surface area contributed by atoms with Crippen LogP contribution in [0.5, 0.6) is 0 Å². The van der Waals surface area contributed by atoms with Crippen LogP contribution in [0.3, 0.4) is 0 Å². The van der Waals surface area contributed by atoms with Crippen molar-refractivity contribution in [2.75, 3.05) is 6.61 Å². The van der Waals surface area contributed by atoms with Crippen molar-refractivity contribution in [1.82, 2.24) is 0 Å². The minimum atomic E-state index is 0.115. The SMILES string of the molecule is O=CC1CCOC2(CCCC2)C1. The summed E-state index contributed by atoms with van der Waals surface area (Å²) in [6, 6.07) is 0. The van der Waals surface area contributed by atoms with Gasteiger partial charge in [0.05, 0.1) is 5.60 Å². The minimum Gasteiger partial charge on any atom is -0.375 e. The van der Waals surface area contributed by atoms with E-state index in [0.29, 0.717) is 0 Å². The molecule has 68 valence electrons. The monoisotopic (exact) mass is 168 g/mol. The Morgan fingerprint density at radius 2 is 2.08 bits per heavy atom. The van der Waals surface area contributed by atoms with Gasteiger partial charge in [-0.1, -0.05) is 12.8 Å². The number of rotatable bonds is 1. The van der Waals surface area contributed by atoms with Crippen LogP contribution in [0.2, 0.25) is 0 Å². The van der Waals surface area contributed by atoms with Crippen molar-refractivity contribution in [1.29, 1.82) is 0 Å². The fraction of sp³-hybridized carbons (Fsp3) is 0.900. The molecule has 2 aliphatic rings. The zero-order chi connectivity index (χ0) is 8.44. The molecule has 2 nitrogen and oxygen atoms in total. The van der Waals surface area contributed by atoms with E-state index >= 15 is 0 Å². The van der Waals surface area contributed by atoms with E-state index in [2.05, 4.69) is 0 Å². The van der Waals surface area contributed by atoms with Gasteiger partial charge >= 0.3 is 0 Å². The molecule has 1 spiro atoms. The van der Waals surface area contributed by atoms with Crippen LogP contribution in [0, 0.1) is 5.92 Å². The van der Waals surface area contributed by atoms with Crippen molar-refractivity contribution in [3.05, 3.63) is 0 Å². The second-order valence-corrected chi connectivity index (χ2v) is 4.13. The molecule has 1 aliphatic carbocycles. The summed E-state index contributed by atoms with van der Waals surface area (Å²) in [6.45, 7) is 0.795. The largest absolute Gasteiger partial charge is 0.375 e. The highest BCUT2D eigenvalue weighted by molar-refractivity contribution is 5.53. The molecule has 0 aromatic heterocycles. The Bertz CT molecular complexity index is 171. The van der Waals surface area contributed by atoms with Gasteiger partial charge in [-0.3, -0.25) is 0 Å². The van der Waals surface area contributed by atoms with Gasteiger partial charge in [0.1, 0.15) is 6.29 Å². The average molecular weight is 168 g/mol. The Morgan fingerprint density at radius 1 is 1.33 bits per heavy atom. The van der Waals surface area contributed by atoms with Gasteiger partial charge in [-0.05, 0) is 25.7 Å². The first-order chi connectivity index (χ1) is 5.85. The predicted molar refractivity (Wildman–Crippen MR) is 45.9 cm³/mol.